The van der Waals surface area contributed by atoms with Crippen LogP contribution in [0.3, 0.4) is 0 Å². The molecule has 7 nitrogen and oxygen atoms in total. The zero-order valence-electron chi connectivity index (χ0n) is 23.7. The number of nitrogens with zero attached hydrogens (tertiary/aromatic N) is 4. The summed E-state index contributed by atoms with van der Waals surface area (Å²) >= 11 is 7.83. The maximum Gasteiger partial charge on any atom is 0.240 e. The summed E-state index contributed by atoms with van der Waals surface area (Å²) in [6.07, 6.45) is 0. The van der Waals surface area contributed by atoms with Crippen LogP contribution in [-0.4, -0.2) is 66.0 Å². The second-order valence-corrected chi connectivity index (χ2v) is 12.1. The molecule has 41 heavy (non-hydrogen) atoms. The van der Waals surface area contributed by atoms with E-state index in [9.17, 15) is 9.59 Å². The molecule has 2 heterocycles. The molecule has 5 rings (SSSR count). The maximum absolute atomic E-state index is 13.8. The van der Waals surface area contributed by atoms with Crippen molar-refractivity contribution in [3.05, 3.63) is 100 Å². The molecule has 0 radical (unpaired) electrons. The molecule has 0 bridgehead atoms. The van der Waals surface area contributed by atoms with Gasteiger partial charge in [0.15, 0.2) is 0 Å². The zero-order chi connectivity index (χ0) is 29.1. The van der Waals surface area contributed by atoms with E-state index in [-0.39, 0.29) is 29.4 Å². The molecule has 4 aromatic rings. The van der Waals surface area contributed by atoms with E-state index in [2.05, 4.69) is 24.4 Å². The molecule has 1 aromatic heterocycles. The number of carbonyl (C=O) groups excluding carboxylic acids is 2. The number of thioether (sulfide) groups is 1. The van der Waals surface area contributed by atoms with Crippen molar-refractivity contribution in [2.45, 2.75) is 19.1 Å². The normalized spacial score (nSPS) is 15.1. The number of halogens is 1. The highest BCUT2D eigenvalue weighted by Crippen LogP contribution is 2.49. The van der Waals surface area contributed by atoms with Gasteiger partial charge in [-0.25, -0.2) is 4.68 Å². The number of likely N-dealkylation sites (N-methyl/N-ethyl adjacent to an activating group) is 1. The fourth-order valence-electron chi connectivity index (χ4n) is 4.95. The number of amides is 2. The van der Waals surface area contributed by atoms with Crippen LogP contribution in [-0.2, 0) is 9.59 Å². The molecule has 2 amide bonds. The lowest BCUT2D eigenvalue weighted by atomic mass is 9.96. The predicted octanol–water partition coefficient (Wildman–Crippen LogP) is 5.66. The number of carbonyl (C=O) groups is 2. The van der Waals surface area contributed by atoms with E-state index in [1.54, 1.807) is 16.7 Å². The Bertz CT molecular complexity index is 1550. The monoisotopic (exact) mass is 587 g/mol. The number of fused-ring (bicyclic) bond motifs is 1. The lowest BCUT2D eigenvalue weighted by molar-refractivity contribution is -0.122. The summed E-state index contributed by atoms with van der Waals surface area (Å²) < 4.78 is 1.82. The summed E-state index contributed by atoms with van der Waals surface area (Å²) in [5.74, 6) is 0.498. The van der Waals surface area contributed by atoms with Gasteiger partial charge in [-0.3, -0.25) is 14.5 Å². The van der Waals surface area contributed by atoms with Crippen LogP contribution in [0, 0.1) is 13.8 Å². The molecule has 1 atom stereocenters. The van der Waals surface area contributed by atoms with Crippen molar-refractivity contribution in [3.63, 3.8) is 0 Å². The molecule has 0 aliphatic carbocycles. The molecule has 212 valence electrons. The average Bonchev–Trinajstić information content (AvgIpc) is 3.27. The Hall–Kier alpha value is -3.59. The summed E-state index contributed by atoms with van der Waals surface area (Å²) in [6.45, 7) is 5.22. The van der Waals surface area contributed by atoms with Gasteiger partial charge in [0.05, 0.1) is 22.4 Å². The molecule has 1 aliphatic heterocycles. The molecule has 0 saturated heterocycles. The Kier molecular flexibility index (Phi) is 8.82. The number of nitrogens with one attached hydrogen (secondary N) is 1. The number of hydrogen-bond acceptors (Lipinski definition) is 5. The van der Waals surface area contributed by atoms with E-state index in [0.717, 1.165) is 39.2 Å². The molecule has 0 spiro atoms. The van der Waals surface area contributed by atoms with E-state index in [1.165, 1.54) is 0 Å². The van der Waals surface area contributed by atoms with Gasteiger partial charge >= 0.3 is 0 Å². The minimum Gasteiger partial charge on any atom is -0.353 e. The van der Waals surface area contributed by atoms with Gasteiger partial charge < -0.3 is 10.2 Å². The van der Waals surface area contributed by atoms with Crippen LogP contribution in [0.25, 0.3) is 16.9 Å². The molecule has 1 N–H and O–H groups in total. The minimum atomic E-state index is -0.213. The number of aromatic nitrogens is 2. The lowest BCUT2D eigenvalue weighted by Crippen LogP contribution is -2.43. The Labute approximate surface area is 250 Å². The number of benzene rings is 3. The molecule has 1 aliphatic rings. The quantitative estimate of drug-likeness (QED) is 0.288. The number of anilines is 1. The highest BCUT2D eigenvalue weighted by atomic mass is 35.5. The van der Waals surface area contributed by atoms with Crippen molar-refractivity contribution >= 4 is 41.0 Å². The number of rotatable bonds is 8. The van der Waals surface area contributed by atoms with Crippen molar-refractivity contribution < 1.29 is 9.59 Å². The first-order chi connectivity index (χ1) is 19.7. The van der Waals surface area contributed by atoms with Gasteiger partial charge in [0.25, 0.3) is 0 Å². The Morgan fingerprint density at radius 2 is 1.76 bits per heavy atom. The van der Waals surface area contributed by atoms with E-state index >= 15 is 0 Å². The second-order valence-electron chi connectivity index (χ2n) is 10.5. The molecule has 0 unspecified atom stereocenters. The van der Waals surface area contributed by atoms with E-state index in [0.29, 0.717) is 23.9 Å². The molecule has 3 aromatic carbocycles. The van der Waals surface area contributed by atoms with Gasteiger partial charge in [-0.05, 0) is 63.3 Å². The summed E-state index contributed by atoms with van der Waals surface area (Å²) in [4.78, 5) is 30.7. The first kappa shape index (κ1) is 28.9. The maximum atomic E-state index is 13.8. The molecule has 9 heteroatoms. The first-order valence-electron chi connectivity index (χ1n) is 13.6. The summed E-state index contributed by atoms with van der Waals surface area (Å²) in [7, 11) is 3.91. The van der Waals surface area contributed by atoms with E-state index in [1.807, 2.05) is 91.3 Å². The van der Waals surface area contributed by atoms with Crippen molar-refractivity contribution in [1.82, 2.24) is 20.0 Å². The summed E-state index contributed by atoms with van der Waals surface area (Å²) in [6, 6.07) is 23.9. The Balaban J connectivity index is 1.74. The van der Waals surface area contributed by atoms with Gasteiger partial charge in [-0.15, -0.1) is 11.8 Å². The molecular formula is C32H34ClN5O2S. The van der Waals surface area contributed by atoms with Crippen LogP contribution in [0.4, 0.5) is 5.82 Å². The zero-order valence-corrected chi connectivity index (χ0v) is 25.3. The van der Waals surface area contributed by atoms with Crippen LogP contribution in [0.5, 0.6) is 0 Å². The summed E-state index contributed by atoms with van der Waals surface area (Å²) in [5, 5.41) is 8.57. The third-order valence-electron chi connectivity index (χ3n) is 7.14. The average molecular weight is 588 g/mol. The smallest absolute Gasteiger partial charge is 0.240 e. The van der Waals surface area contributed by atoms with Crippen molar-refractivity contribution in [2.24, 2.45) is 0 Å². The topological polar surface area (TPSA) is 70.5 Å². The van der Waals surface area contributed by atoms with E-state index in [4.69, 9.17) is 16.7 Å². The van der Waals surface area contributed by atoms with E-state index < -0.39 is 0 Å². The van der Waals surface area contributed by atoms with Gasteiger partial charge in [0, 0.05) is 29.2 Å². The van der Waals surface area contributed by atoms with Crippen molar-refractivity contribution in [3.8, 4) is 16.9 Å². The van der Waals surface area contributed by atoms with Gasteiger partial charge in [0.2, 0.25) is 11.8 Å². The van der Waals surface area contributed by atoms with Gasteiger partial charge in [-0.2, -0.15) is 5.10 Å². The van der Waals surface area contributed by atoms with Crippen molar-refractivity contribution in [1.29, 1.82) is 0 Å². The highest BCUT2D eigenvalue weighted by molar-refractivity contribution is 8.00. The van der Waals surface area contributed by atoms with Crippen LogP contribution >= 0.6 is 23.4 Å². The first-order valence-corrected chi connectivity index (χ1v) is 15.0. The Morgan fingerprint density at radius 3 is 2.44 bits per heavy atom. The number of hydrogen-bond donors (Lipinski definition) is 1. The van der Waals surface area contributed by atoms with Crippen LogP contribution in [0.2, 0.25) is 5.02 Å². The fourth-order valence-corrected chi connectivity index (χ4v) is 6.37. The predicted molar refractivity (Wildman–Crippen MR) is 168 cm³/mol. The van der Waals surface area contributed by atoms with Crippen LogP contribution in [0.1, 0.15) is 27.5 Å². The third-order valence-corrected chi connectivity index (χ3v) is 8.63. The fraction of sp³-hybridized carbons (Fsp3) is 0.281. The van der Waals surface area contributed by atoms with Crippen LogP contribution in [0.15, 0.2) is 72.8 Å². The van der Waals surface area contributed by atoms with Crippen LogP contribution < -0.4 is 10.2 Å². The minimum absolute atomic E-state index is 0.0993. The largest absolute Gasteiger partial charge is 0.353 e. The highest BCUT2D eigenvalue weighted by Gasteiger charge is 2.38. The Morgan fingerprint density at radius 1 is 1.05 bits per heavy atom. The van der Waals surface area contributed by atoms with Gasteiger partial charge in [0.1, 0.15) is 12.4 Å². The molecular weight excluding hydrogens is 554 g/mol. The summed E-state index contributed by atoms with van der Waals surface area (Å²) in [5.41, 5.74) is 6.72. The molecule has 0 fully saturated rings. The number of aryl methyl sites for hydroxylation is 2. The standard InChI is InChI=1S/C32H34ClN5O2S/c1-21-9-15-25(16-10-21)38-32-29(30(35-38)23-11-13-24(33)14-12-23)31(26-8-6-5-7-22(26)2)41-20-28(40)37(32)19-27(39)34-17-18-36(3)4/h5-16,31H,17-20H2,1-4H3,(H,34,39)/t31-/m1/s1. The lowest BCUT2D eigenvalue weighted by Gasteiger charge is -2.23. The second kappa shape index (κ2) is 12.5. The van der Waals surface area contributed by atoms with Gasteiger partial charge in [-0.1, -0.05) is 65.7 Å². The SMILES string of the molecule is Cc1ccc(-n2nc(-c3ccc(Cl)cc3)c3c2N(CC(=O)NCCN(C)C)C(=O)CS[C@@H]3c2ccccc2C)cc1. The third kappa shape index (κ3) is 6.35. The van der Waals surface area contributed by atoms with Crippen molar-refractivity contribution in [2.75, 3.05) is 44.4 Å². The molecule has 0 saturated carbocycles.